The van der Waals surface area contributed by atoms with Crippen LogP contribution in [0, 0.1) is 5.82 Å². The zero-order chi connectivity index (χ0) is 16.2. The minimum absolute atomic E-state index is 0.153. The van der Waals surface area contributed by atoms with E-state index >= 15 is 0 Å². The molecule has 1 saturated heterocycles. The van der Waals surface area contributed by atoms with Crippen LogP contribution in [0.1, 0.15) is 22.3 Å². The second-order valence-electron chi connectivity index (χ2n) is 5.61. The molecular formula is C18H18FNO3. The van der Waals surface area contributed by atoms with E-state index in [-0.39, 0.29) is 17.5 Å². The van der Waals surface area contributed by atoms with Gasteiger partial charge in [-0.05, 0) is 53.9 Å². The second kappa shape index (κ2) is 6.89. The number of benzene rings is 2. The molecule has 0 saturated carbocycles. The highest BCUT2D eigenvalue weighted by Gasteiger charge is 2.16. The number of hydrogen-bond donors (Lipinski definition) is 2. The van der Waals surface area contributed by atoms with Gasteiger partial charge in [0.05, 0.1) is 18.3 Å². The summed E-state index contributed by atoms with van der Waals surface area (Å²) in [5, 5.41) is 12.2. The van der Waals surface area contributed by atoms with Crippen LogP contribution in [0.5, 0.6) is 0 Å². The molecule has 1 heterocycles. The summed E-state index contributed by atoms with van der Waals surface area (Å²) in [5.41, 5.74) is 2.69. The summed E-state index contributed by atoms with van der Waals surface area (Å²) in [7, 11) is 0. The Morgan fingerprint density at radius 1 is 1.26 bits per heavy atom. The third kappa shape index (κ3) is 3.75. The van der Waals surface area contributed by atoms with Crippen molar-refractivity contribution in [2.24, 2.45) is 0 Å². The largest absolute Gasteiger partial charge is 0.478 e. The van der Waals surface area contributed by atoms with Crippen molar-refractivity contribution in [3.63, 3.8) is 0 Å². The van der Waals surface area contributed by atoms with Crippen molar-refractivity contribution in [1.82, 2.24) is 5.32 Å². The van der Waals surface area contributed by atoms with E-state index in [0.29, 0.717) is 6.61 Å². The monoisotopic (exact) mass is 315 g/mol. The lowest BCUT2D eigenvalue weighted by molar-refractivity contribution is 0.0543. The predicted molar refractivity (Wildman–Crippen MR) is 84.9 cm³/mol. The average Bonchev–Trinajstić information content (AvgIpc) is 3.06. The first-order chi connectivity index (χ1) is 11.1. The summed E-state index contributed by atoms with van der Waals surface area (Å²) >= 11 is 0. The van der Waals surface area contributed by atoms with Gasteiger partial charge in [0.2, 0.25) is 0 Å². The summed E-state index contributed by atoms with van der Waals surface area (Å²) in [4.78, 5) is 10.9. The third-order valence-electron chi connectivity index (χ3n) is 4.00. The quantitative estimate of drug-likeness (QED) is 0.890. The van der Waals surface area contributed by atoms with Crippen LogP contribution >= 0.6 is 0 Å². The molecule has 2 aromatic rings. The first kappa shape index (κ1) is 15.6. The van der Waals surface area contributed by atoms with Crippen molar-refractivity contribution in [3.05, 3.63) is 59.4 Å². The van der Waals surface area contributed by atoms with E-state index in [4.69, 9.17) is 9.84 Å². The van der Waals surface area contributed by atoms with Crippen molar-refractivity contribution < 1.29 is 19.0 Å². The van der Waals surface area contributed by atoms with E-state index in [2.05, 4.69) is 5.32 Å². The van der Waals surface area contributed by atoms with Crippen molar-refractivity contribution in [2.45, 2.75) is 19.1 Å². The van der Waals surface area contributed by atoms with Crippen molar-refractivity contribution >= 4 is 5.97 Å². The van der Waals surface area contributed by atoms with Gasteiger partial charge in [0.25, 0.3) is 0 Å². The van der Waals surface area contributed by atoms with Crippen molar-refractivity contribution in [1.29, 1.82) is 0 Å². The van der Waals surface area contributed by atoms with Crippen LogP contribution < -0.4 is 5.32 Å². The minimum atomic E-state index is -0.965. The Balaban J connectivity index is 1.84. The number of nitrogens with one attached hydrogen (secondary N) is 1. The molecule has 0 bridgehead atoms. The van der Waals surface area contributed by atoms with Crippen LogP contribution in [0.2, 0.25) is 0 Å². The van der Waals surface area contributed by atoms with Gasteiger partial charge >= 0.3 is 5.97 Å². The maximum absolute atomic E-state index is 13.6. The summed E-state index contributed by atoms with van der Waals surface area (Å²) < 4.78 is 19.4. The molecule has 0 radical (unpaired) electrons. The molecule has 0 unspecified atom stereocenters. The highest BCUT2D eigenvalue weighted by Crippen LogP contribution is 2.26. The predicted octanol–water partition coefficient (Wildman–Crippen LogP) is 3.07. The van der Waals surface area contributed by atoms with Crippen LogP contribution in [0.3, 0.4) is 0 Å². The van der Waals surface area contributed by atoms with Gasteiger partial charge in [-0.2, -0.15) is 0 Å². The molecule has 4 nitrogen and oxygen atoms in total. The highest BCUT2D eigenvalue weighted by atomic mass is 19.1. The molecule has 120 valence electrons. The fourth-order valence-corrected chi connectivity index (χ4v) is 2.73. The minimum Gasteiger partial charge on any atom is -0.478 e. The van der Waals surface area contributed by atoms with Gasteiger partial charge in [-0.1, -0.05) is 18.2 Å². The third-order valence-corrected chi connectivity index (χ3v) is 4.00. The van der Waals surface area contributed by atoms with E-state index in [1.807, 2.05) is 0 Å². The van der Waals surface area contributed by atoms with Gasteiger partial charge in [-0.15, -0.1) is 0 Å². The molecule has 0 spiro atoms. The Bertz CT molecular complexity index is 694. The van der Waals surface area contributed by atoms with E-state index in [9.17, 15) is 9.18 Å². The molecule has 5 heteroatoms. The number of halogens is 1. The Labute approximate surface area is 133 Å². The lowest BCUT2D eigenvalue weighted by Gasteiger charge is -2.14. The van der Waals surface area contributed by atoms with Gasteiger partial charge in [-0.3, -0.25) is 0 Å². The van der Waals surface area contributed by atoms with Crippen LogP contribution in [0.4, 0.5) is 4.39 Å². The lowest BCUT2D eigenvalue weighted by Crippen LogP contribution is -2.16. The molecule has 2 N–H and O–H groups in total. The number of rotatable bonds is 5. The number of carbonyl (C=O) groups is 1. The van der Waals surface area contributed by atoms with Gasteiger partial charge < -0.3 is 15.2 Å². The topological polar surface area (TPSA) is 58.6 Å². The first-order valence-electron chi connectivity index (χ1n) is 7.58. The van der Waals surface area contributed by atoms with Crippen LogP contribution in [-0.2, 0) is 11.3 Å². The Hall–Kier alpha value is -2.24. The Kier molecular flexibility index (Phi) is 4.69. The molecule has 1 atom stereocenters. The first-order valence-corrected chi connectivity index (χ1v) is 7.58. The van der Waals surface area contributed by atoms with Gasteiger partial charge in [0.1, 0.15) is 5.82 Å². The Morgan fingerprint density at radius 3 is 2.70 bits per heavy atom. The number of carboxylic acid groups (broad SMARTS) is 1. The zero-order valence-electron chi connectivity index (χ0n) is 12.6. The van der Waals surface area contributed by atoms with Gasteiger partial charge in [-0.25, -0.2) is 9.18 Å². The van der Waals surface area contributed by atoms with E-state index in [1.165, 1.54) is 12.1 Å². The van der Waals surface area contributed by atoms with E-state index < -0.39 is 5.97 Å². The average molecular weight is 315 g/mol. The van der Waals surface area contributed by atoms with E-state index in [0.717, 1.165) is 36.2 Å². The number of hydrogen-bond acceptors (Lipinski definition) is 3. The maximum atomic E-state index is 13.6. The molecule has 3 rings (SSSR count). The smallest absolute Gasteiger partial charge is 0.335 e. The molecule has 0 aliphatic carbocycles. The van der Waals surface area contributed by atoms with E-state index in [1.54, 1.807) is 30.3 Å². The molecule has 2 aromatic carbocycles. The molecule has 23 heavy (non-hydrogen) atoms. The molecule has 0 aromatic heterocycles. The van der Waals surface area contributed by atoms with Crippen molar-refractivity contribution in [3.8, 4) is 11.1 Å². The maximum Gasteiger partial charge on any atom is 0.335 e. The molecule has 1 fully saturated rings. The normalized spacial score (nSPS) is 17.3. The summed E-state index contributed by atoms with van der Waals surface area (Å²) in [6.07, 6.45) is 1.11. The SMILES string of the molecule is O=C(O)c1ccc(-c2ccc(F)cc2CO[C@H]2CCNC2)cc1. The van der Waals surface area contributed by atoms with Gasteiger partial charge in [0, 0.05) is 6.54 Å². The number of carboxylic acids is 1. The Morgan fingerprint density at radius 2 is 2.04 bits per heavy atom. The van der Waals surface area contributed by atoms with Crippen molar-refractivity contribution in [2.75, 3.05) is 13.1 Å². The summed E-state index contributed by atoms with van der Waals surface area (Å²) in [6, 6.07) is 11.1. The second-order valence-corrected chi connectivity index (χ2v) is 5.61. The number of ether oxygens (including phenoxy) is 1. The summed E-state index contributed by atoms with van der Waals surface area (Å²) in [5.74, 6) is -1.27. The van der Waals surface area contributed by atoms with Crippen LogP contribution in [0.25, 0.3) is 11.1 Å². The van der Waals surface area contributed by atoms with Crippen LogP contribution in [-0.4, -0.2) is 30.3 Å². The molecule has 1 aliphatic heterocycles. The fourth-order valence-electron chi connectivity index (χ4n) is 2.73. The zero-order valence-corrected chi connectivity index (χ0v) is 12.6. The number of aromatic carboxylic acids is 1. The fraction of sp³-hybridized carbons (Fsp3) is 0.278. The molecular weight excluding hydrogens is 297 g/mol. The molecule has 1 aliphatic rings. The highest BCUT2D eigenvalue weighted by molar-refractivity contribution is 5.88. The standard InChI is InChI=1S/C18H18FNO3/c19-15-5-6-17(12-1-3-13(4-2-12)18(21)22)14(9-15)11-23-16-7-8-20-10-16/h1-6,9,16,20H,7-8,10-11H2,(H,21,22)/t16-/m0/s1. The van der Waals surface area contributed by atoms with Gasteiger partial charge in [0.15, 0.2) is 0 Å². The summed E-state index contributed by atoms with van der Waals surface area (Å²) in [6.45, 7) is 2.09. The van der Waals surface area contributed by atoms with Crippen LogP contribution in [0.15, 0.2) is 42.5 Å². The molecule has 0 amide bonds. The lowest BCUT2D eigenvalue weighted by atomic mass is 9.99.